The van der Waals surface area contributed by atoms with Gasteiger partial charge in [0.05, 0.1) is 0 Å². The molecule has 0 aromatic heterocycles. The lowest BCUT2D eigenvalue weighted by Gasteiger charge is -2.24. The van der Waals surface area contributed by atoms with E-state index < -0.39 is 0 Å². The van der Waals surface area contributed by atoms with Crippen molar-refractivity contribution in [2.45, 2.75) is 45.1 Å². The van der Waals surface area contributed by atoms with Crippen molar-refractivity contribution in [3.8, 4) is 0 Å². The monoisotopic (exact) mass is 168 g/mol. The standard InChI is InChI=1S/C10H16O2/c1-3-6-10(12-9(2)11)7-4-5-8-10/h3,6H,4-5,7-8H2,1-2H3/b6-3+. The first-order chi connectivity index (χ1) is 5.68. The van der Waals surface area contributed by atoms with E-state index in [1.54, 1.807) is 0 Å². The fraction of sp³-hybridized carbons (Fsp3) is 0.700. The second-order valence-corrected chi connectivity index (χ2v) is 3.37. The number of esters is 1. The molecule has 1 saturated carbocycles. The van der Waals surface area contributed by atoms with Crippen molar-refractivity contribution in [2.24, 2.45) is 0 Å². The smallest absolute Gasteiger partial charge is 0.303 e. The number of carbonyl (C=O) groups excluding carboxylic acids is 1. The van der Waals surface area contributed by atoms with Gasteiger partial charge in [0, 0.05) is 6.92 Å². The fourth-order valence-corrected chi connectivity index (χ4v) is 1.87. The van der Waals surface area contributed by atoms with Crippen molar-refractivity contribution in [1.82, 2.24) is 0 Å². The lowest BCUT2D eigenvalue weighted by molar-refractivity contribution is -0.151. The lowest BCUT2D eigenvalue weighted by atomic mass is 10.0. The van der Waals surface area contributed by atoms with Crippen LogP contribution in [0.3, 0.4) is 0 Å². The van der Waals surface area contributed by atoms with Crippen LogP contribution in [0.4, 0.5) is 0 Å². The van der Waals surface area contributed by atoms with E-state index in [2.05, 4.69) is 0 Å². The fourth-order valence-electron chi connectivity index (χ4n) is 1.87. The third-order valence-corrected chi connectivity index (χ3v) is 2.27. The van der Waals surface area contributed by atoms with Gasteiger partial charge < -0.3 is 4.74 Å². The first-order valence-corrected chi connectivity index (χ1v) is 4.52. The Kier molecular flexibility index (Phi) is 2.90. The van der Waals surface area contributed by atoms with Crippen molar-refractivity contribution in [3.05, 3.63) is 12.2 Å². The van der Waals surface area contributed by atoms with Crippen LogP contribution in [0.1, 0.15) is 39.5 Å². The molecule has 2 nitrogen and oxygen atoms in total. The molecule has 0 spiro atoms. The van der Waals surface area contributed by atoms with Gasteiger partial charge >= 0.3 is 5.97 Å². The van der Waals surface area contributed by atoms with Crippen LogP contribution >= 0.6 is 0 Å². The van der Waals surface area contributed by atoms with Gasteiger partial charge in [-0.25, -0.2) is 0 Å². The van der Waals surface area contributed by atoms with Gasteiger partial charge in [0.1, 0.15) is 5.60 Å². The number of hydrogen-bond acceptors (Lipinski definition) is 2. The Morgan fingerprint density at radius 1 is 1.42 bits per heavy atom. The van der Waals surface area contributed by atoms with Gasteiger partial charge in [0.25, 0.3) is 0 Å². The number of allylic oxidation sites excluding steroid dienone is 1. The Balaban J connectivity index is 2.65. The van der Waals surface area contributed by atoms with Gasteiger partial charge in [-0.15, -0.1) is 0 Å². The van der Waals surface area contributed by atoms with Gasteiger partial charge in [-0.05, 0) is 38.7 Å². The molecule has 0 bridgehead atoms. The summed E-state index contributed by atoms with van der Waals surface area (Å²) in [6, 6.07) is 0. The van der Waals surface area contributed by atoms with Crippen molar-refractivity contribution in [2.75, 3.05) is 0 Å². The summed E-state index contributed by atoms with van der Waals surface area (Å²) in [5.41, 5.74) is -0.263. The summed E-state index contributed by atoms with van der Waals surface area (Å²) in [5, 5.41) is 0. The summed E-state index contributed by atoms with van der Waals surface area (Å²) >= 11 is 0. The second-order valence-electron chi connectivity index (χ2n) is 3.37. The van der Waals surface area contributed by atoms with Crippen LogP contribution in [-0.4, -0.2) is 11.6 Å². The molecule has 68 valence electrons. The minimum atomic E-state index is -0.263. The molecule has 1 aliphatic carbocycles. The van der Waals surface area contributed by atoms with Crippen LogP contribution in [0, 0.1) is 0 Å². The summed E-state index contributed by atoms with van der Waals surface area (Å²) in [4.78, 5) is 10.8. The quantitative estimate of drug-likeness (QED) is 0.467. The minimum Gasteiger partial charge on any atom is -0.455 e. The van der Waals surface area contributed by atoms with Crippen LogP contribution < -0.4 is 0 Å². The first kappa shape index (κ1) is 9.30. The first-order valence-electron chi connectivity index (χ1n) is 4.52. The average molecular weight is 168 g/mol. The van der Waals surface area contributed by atoms with Crippen molar-refractivity contribution < 1.29 is 9.53 Å². The molecule has 1 aliphatic rings. The zero-order valence-corrected chi connectivity index (χ0v) is 7.80. The molecule has 0 saturated heterocycles. The minimum absolute atomic E-state index is 0.171. The largest absolute Gasteiger partial charge is 0.455 e. The van der Waals surface area contributed by atoms with Crippen LogP contribution in [-0.2, 0) is 9.53 Å². The van der Waals surface area contributed by atoms with E-state index in [1.165, 1.54) is 6.92 Å². The van der Waals surface area contributed by atoms with Crippen LogP contribution in [0.25, 0.3) is 0 Å². The molecule has 0 unspecified atom stereocenters. The Morgan fingerprint density at radius 2 is 2.00 bits per heavy atom. The summed E-state index contributed by atoms with van der Waals surface area (Å²) in [6.45, 7) is 3.44. The predicted octanol–water partition coefficient (Wildman–Crippen LogP) is 2.44. The van der Waals surface area contributed by atoms with Gasteiger partial charge in [-0.1, -0.05) is 6.08 Å². The Morgan fingerprint density at radius 3 is 2.42 bits per heavy atom. The molecule has 1 fully saturated rings. The molecule has 0 radical (unpaired) electrons. The van der Waals surface area contributed by atoms with Crippen LogP contribution in [0.2, 0.25) is 0 Å². The van der Waals surface area contributed by atoms with Crippen LogP contribution in [0.5, 0.6) is 0 Å². The highest BCUT2D eigenvalue weighted by molar-refractivity contribution is 5.66. The van der Waals surface area contributed by atoms with Gasteiger partial charge in [-0.2, -0.15) is 0 Å². The van der Waals surface area contributed by atoms with E-state index in [0.717, 1.165) is 25.7 Å². The molecular formula is C10H16O2. The van der Waals surface area contributed by atoms with E-state index in [0.29, 0.717) is 0 Å². The van der Waals surface area contributed by atoms with Crippen molar-refractivity contribution >= 4 is 5.97 Å². The molecule has 0 amide bonds. The van der Waals surface area contributed by atoms with Crippen LogP contribution in [0.15, 0.2) is 12.2 Å². The highest BCUT2D eigenvalue weighted by Crippen LogP contribution is 2.34. The van der Waals surface area contributed by atoms with Crippen molar-refractivity contribution in [1.29, 1.82) is 0 Å². The van der Waals surface area contributed by atoms with Crippen molar-refractivity contribution in [3.63, 3.8) is 0 Å². The lowest BCUT2D eigenvalue weighted by Crippen LogP contribution is -2.28. The van der Waals surface area contributed by atoms with E-state index in [4.69, 9.17) is 4.74 Å². The Hall–Kier alpha value is -0.790. The highest BCUT2D eigenvalue weighted by atomic mass is 16.6. The summed E-state index contributed by atoms with van der Waals surface area (Å²) < 4.78 is 5.31. The maximum absolute atomic E-state index is 10.8. The SMILES string of the molecule is C/C=C/C1(OC(C)=O)CCCC1. The molecule has 12 heavy (non-hydrogen) atoms. The molecule has 0 aliphatic heterocycles. The molecular weight excluding hydrogens is 152 g/mol. The Bertz CT molecular complexity index is 188. The number of rotatable bonds is 2. The zero-order valence-electron chi connectivity index (χ0n) is 7.80. The zero-order chi connectivity index (χ0) is 9.03. The molecule has 0 atom stereocenters. The Labute approximate surface area is 73.6 Å². The maximum Gasteiger partial charge on any atom is 0.303 e. The summed E-state index contributed by atoms with van der Waals surface area (Å²) in [7, 11) is 0. The number of hydrogen-bond donors (Lipinski definition) is 0. The maximum atomic E-state index is 10.8. The van der Waals surface area contributed by atoms with Gasteiger partial charge in [0.15, 0.2) is 0 Å². The van der Waals surface area contributed by atoms with E-state index in [9.17, 15) is 4.79 Å². The summed E-state index contributed by atoms with van der Waals surface area (Å²) in [5.74, 6) is -0.171. The predicted molar refractivity (Wildman–Crippen MR) is 47.8 cm³/mol. The number of carbonyl (C=O) groups is 1. The second kappa shape index (κ2) is 3.74. The summed E-state index contributed by atoms with van der Waals surface area (Å²) in [6.07, 6.45) is 8.28. The molecule has 0 heterocycles. The average Bonchev–Trinajstić information content (AvgIpc) is 2.36. The molecule has 2 heteroatoms. The molecule has 0 N–H and O–H groups in total. The normalized spacial score (nSPS) is 21.5. The van der Waals surface area contributed by atoms with Gasteiger partial charge in [0.2, 0.25) is 0 Å². The topological polar surface area (TPSA) is 26.3 Å². The molecule has 1 rings (SSSR count). The van der Waals surface area contributed by atoms with E-state index in [-0.39, 0.29) is 11.6 Å². The molecule has 0 aromatic carbocycles. The molecule has 0 aromatic rings. The van der Waals surface area contributed by atoms with Gasteiger partial charge in [-0.3, -0.25) is 4.79 Å². The van der Waals surface area contributed by atoms with E-state index in [1.807, 2.05) is 19.1 Å². The third kappa shape index (κ3) is 2.10. The van der Waals surface area contributed by atoms with E-state index >= 15 is 0 Å². The third-order valence-electron chi connectivity index (χ3n) is 2.27. The number of ether oxygens (including phenoxy) is 1. The highest BCUT2D eigenvalue weighted by Gasteiger charge is 2.33.